The van der Waals surface area contributed by atoms with Gasteiger partial charge in [-0.05, 0) is 53.4 Å². The van der Waals surface area contributed by atoms with Gasteiger partial charge < -0.3 is 0 Å². The van der Waals surface area contributed by atoms with Crippen molar-refractivity contribution in [2.24, 2.45) is 0 Å². The van der Waals surface area contributed by atoms with Crippen LogP contribution in [0.3, 0.4) is 0 Å². The van der Waals surface area contributed by atoms with Gasteiger partial charge in [0.2, 0.25) is 15.9 Å². The largest absolute Gasteiger partial charge is 0.328 e. The van der Waals surface area contributed by atoms with Crippen LogP contribution in [0, 0.1) is 11.8 Å². The summed E-state index contributed by atoms with van der Waals surface area (Å²) >= 11 is 0. The first-order valence-corrected chi connectivity index (χ1v) is 11.7. The Balaban J connectivity index is 1.93. The van der Waals surface area contributed by atoms with Crippen molar-refractivity contribution in [2.75, 3.05) is 22.4 Å². The predicted octanol–water partition coefficient (Wildman–Crippen LogP) is 3.20. The van der Waals surface area contributed by atoms with Crippen molar-refractivity contribution >= 4 is 33.3 Å². The lowest BCUT2D eigenvalue weighted by Gasteiger charge is -2.28. The van der Waals surface area contributed by atoms with E-state index in [4.69, 9.17) is 0 Å². The van der Waals surface area contributed by atoms with E-state index in [1.807, 2.05) is 18.2 Å². The third-order valence-corrected chi connectivity index (χ3v) is 5.30. The SMILES string of the molecule is CC(C)(C)c1cc(C#Cc2ccc(NS(C)(=O)=O)cc2)cc(N2CCC(=O)NC2=O)c1. The van der Waals surface area contributed by atoms with Gasteiger partial charge in [-0.3, -0.25) is 19.7 Å². The fourth-order valence-electron chi connectivity index (χ4n) is 3.06. The molecule has 3 amide bonds. The predicted molar refractivity (Wildman–Crippen MR) is 122 cm³/mol. The number of hydrogen-bond acceptors (Lipinski definition) is 4. The summed E-state index contributed by atoms with van der Waals surface area (Å²) in [5.74, 6) is 5.93. The van der Waals surface area contributed by atoms with E-state index >= 15 is 0 Å². The number of carbonyl (C=O) groups excluding carboxylic acids is 2. The van der Waals surface area contributed by atoms with Crippen molar-refractivity contribution in [1.29, 1.82) is 0 Å². The first-order chi connectivity index (χ1) is 14.4. The first kappa shape index (κ1) is 22.4. The molecule has 0 radical (unpaired) electrons. The number of hydrogen-bond donors (Lipinski definition) is 2. The maximum Gasteiger partial charge on any atom is 0.328 e. The van der Waals surface area contributed by atoms with Crippen LogP contribution in [-0.2, 0) is 20.2 Å². The van der Waals surface area contributed by atoms with E-state index < -0.39 is 16.1 Å². The van der Waals surface area contributed by atoms with Crippen LogP contribution in [0.1, 0.15) is 43.9 Å². The lowest BCUT2D eigenvalue weighted by atomic mass is 9.85. The fraction of sp³-hybridized carbons (Fsp3) is 0.304. The molecule has 162 valence electrons. The molecule has 2 aromatic rings. The zero-order chi connectivity index (χ0) is 22.8. The van der Waals surface area contributed by atoms with Crippen LogP contribution < -0.4 is 14.9 Å². The minimum Gasteiger partial charge on any atom is -0.294 e. The number of anilines is 2. The molecule has 0 unspecified atom stereocenters. The number of nitrogens with zero attached hydrogens (tertiary/aromatic N) is 1. The molecule has 0 aliphatic carbocycles. The molecule has 0 bridgehead atoms. The van der Waals surface area contributed by atoms with Gasteiger partial charge in [-0.2, -0.15) is 0 Å². The van der Waals surface area contributed by atoms with Gasteiger partial charge in [0.15, 0.2) is 0 Å². The molecule has 1 aliphatic heterocycles. The maximum atomic E-state index is 12.3. The lowest BCUT2D eigenvalue weighted by molar-refractivity contribution is -0.120. The Kier molecular flexibility index (Phi) is 6.09. The van der Waals surface area contributed by atoms with Gasteiger partial charge in [0.05, 0.1) is 6.26 Å². The monoisotopic (exact) mass is 439 g/mol. The van der Waals surface area contributed by atoms with Crippen molar-refractivity contribution in [3.8, 4) is 11.8 Å². The summed E-state index contributed by atoms with van der Waals surface area (Å²) in [6, 6.07) is 12.1. The molecule has 0 aromatic heterocycles. The number of sulfonamides is 1. The molecule has 3 rings (SSSR count). The highest BCUT2D eigenvalue weighted by atomic mass is 32.2. The summed E-state index contributed by atoms with van der Waals surface area (Å²) in [5, 5.41) is 2.35. The van der Waals surface area contributed by atoms with E-state index in [1.165, 1.54) is 0 Å². The Labute approximate surface area is 182 Å². The molecule has 1 fully saturated rings. The summed E-state index contributed by atoms with van der Waals surface area (Å²) in [5.41, 5.74) is 3.48. The molecule has 0 atom stereocenters. The molecular formula is C23H25N3O4S. The highest BCUT2D eigenvalue weighted by Gasteiger charge is 2.26. The average molecular weight is 440 g/mol. The molecule has 1 heterocycles. The second-order valence-corrected chi connectivity index (χ2v) is 10.2. The van der Waals surface area contributed by atoms with Crippen molar-refractivity contribution in [1.82, 2.24) is 5.32 Å². The lowest BCUT2D eigenvalue weighted by Crippen LogP contribution is -2.49. The third kappa shape index (κ3) is 6.09. The van der Waals surface area contributed by atoms with E-state index in [-0.39, 0.29) is 17.7 Å². The fourth-order valence-corrected chi connectivity index (χ4v) is 3.63. The van der Waals surface area contributed by atoms with Gasteiger partial charge in [0, 0.05) is 35.5 Å². The molecular weight excluding hydrogens is 414 g/mol. The molecule has 0 spiro atoms. The molecule has 8 heteroatoms. The molecule has 7 nitrogen and oxygen atoms in total. The number of nitrogens with one attached hydrogen (secondary N) is 2. The highest BCUT2D eigenvalue weighted by Crippen LogP contribution is 2.29. The summed E-state index contributed by atoms with van der Waals surface area (Å²) in [6.45, 7) is 6.56. The molecule has 2 aromatic carbocycles. The molecule has 1 aliphatic rings. The molecule has 1 saturated heterocycles. The van der Waals surface area contributed by atoms with E-state index in [9.17, 15) is 18.0 Å². The Morgan fingerprint density at radius 3 is 2.23 bits per heavy atom. The molecule has 2 N–H and O–H groups in total. The quantitative estimate of drug-likeness (QED) is 0.718. The zero-order valence-corrected chi connectivity index (χ0v) is 18.8. The number of imide groups is 1. The van der Waals surface area contributed by atoms with E-state index in [2.05, 4.69) is 42.7 Å². The summed E-state index contributed by atoms with van der Waals surface area (Å²) in [6.07, 6.45) is 1.35. The smallest absolute Gasteiger partial charge is 0.294 e. The van der Waals surface area contributed by atoms with Crippen molar-refractivity contribution in [3.05, 3.63) is 59.2 Å². The Hall–Kier alpha value is -3.31. The third-order valence-electron chi connectivity index (χ3n) is 4.69. The number of benzene rings is 2. The van der Waals surface area contributed by atoms with E-state index in [0.29, 0.717) is 17.9 Å². The van der Waals surface area contributed by atoms with Crippen molar-refractivity contribution in [2.45, 2.75) is 32.6 Å². The van der Waals surface area contributed by atoms with E-state index in [0.717, 1.165) is 22.9 Å². The van der Waals surface area contributed by atoms with E-state index in [1.54, 1.807) is 29.2 Å². The van der Waals surface area contributed by atoms with Gasteiger partial charge in [-0.25, -0.2) is 13.2 Å². The number of urea groups is 1. The van der Waals surface area contributed by atoms with Crippen LogP contribution in [0.5, 0.6) is 0 Å². The number of rotatable bonds is 3. The normalized spacial score (nSPS) is 14.5. The molecule has 31 heavy (non-hydrogen) atoms. The highest BCUT2D eigenvalue weighted by molar-refractivity contribution is 7.92. The van der Waals surface area contributed by atoms with Gasteiger partial charge in [0.1, 0.15) is 0 Å². The Morgan fingerprint density at radius 1 is 1.00 bits per heavy atom. The maximum absolute atomic E-state index is 12.3. The van der Waals surface area contributed by atoms with Crippen LogP contribution in [0.4, 0.5) is 16.2 Å². The van der Waals surface area contributed by atoms with Crippen LogP contribution >= 0.6 is 0 Å². The molecule has 0 saturated carbocycles. The van der Waals surface area contributed by atoms with Crippen molar-refractivity contribution < 1.29 is 18.0 Å². The Bertz CT molecular complexity index is 1180. The summed E-state index contributed by atoms with van der Waals surface area (Å²) < 4.78 is 25.1. The van der Waals surface area contributed by atoms with Gasteiger partial charge >= 0.3 is 6.03 Å². The number of amides is 3. The second-order valence-electron chi connectivity index (χ2n) is 8.48. The zero-order valence-electron chi connectivity index (χ0n) is 17.9. The van der Waals surface area contributed by atoms with Crippen molar-refractivity contribution in [3.63, 3.8) is 0 Å². The Morgan fingerprint density at radius 2 is 1.65 bits per heavy atom. The summed E-state index contributed by atoms with van der Waals surface area (Å²) in [7, 11) is -3.33. The summed E-state index contributed by atoms with van der Waals surface area (Å²) in [4.78, 5) is 25.3. The van der Waals surface area contributed by atoms with Crippen LogP contribution in [0.15, 0.2) is 42.5 Å². The first-order valence-electron chi connectivity index (χ1n) is 9.77. The van der Waals surface area contributed by atoms with Gasteiger partial charge in [0.25, 0.3) is 0 Å². The van der Waals surface area contributed by atoms with Crippen LogP contribution in [-0.4, -0.2) is 33.2 Å². The second kappa shape index (κ2) is 8.44. The minimum absolute atomic E-state index is 0.159. The van der Waals surface area contributed by atoms with Gasteiger partial charge in [-0.1, -0.05) is 32.6 Å². The minimum atomic E-state index is -3.33. The van der Waals surface area contributed by atoms with Crippen LogP contribution in [0.25, 0.3) is 0 Å². The number of carbonyl (C=O) groups is 2. The standard InChI is InChI=1S/C23H25N3O4S/c1-23(2,3)18-13-17(14-20(15-18)26-12-11-21(27)24-22(26)28)6-5-16-7-9-19(10-8-16)25-31(4,29)30/h7-10,13-15,25H,11-12H2,1-4H3,(H,24,27,28). The van der Waals surface area contributed by atoms with Crippen LogP contribution in [0.2, 0.25) is 0 Å². The van der Waals surface area contributed by atoms with Gasteiger partial charge in [-0.15, -0.1) is 0 Å². The topological polar surface area (TPSA) is 95.6 Å². The average Bonchev–Trinajstić information content (AvgIpc) is 2.65.